The average molecular weight is 489 g/mol. The van der Waals surface area contributed by atoms with E-state index in [2.05, 4.69) is 5.32 Å². The molecule has 0 unspecified atom stereocenters. The summed E-state index contributed by atoms with van der Waals surface area (Å²) >= 11 is 6.24. The Labute approximate surface area is 206 Å². The molecular formula is C27H34ClFN2O3. The Morgan fingerprint density at radius 3 is 2.32 bits per heavy atom. The monoisotopic (exact) mass is 488 g/mol. The van der Waals surface area contributed by atoms with Crippen LogP contribution in [0.2, 0.25) is 5.02 Å². The number of rotatable bonds is 9. The van der Waals surface area contributed by atoms with E-state index in [1.165, 1.54) is 18.6 Å². The maximum absolute atomic E-state index is 13.4. The predicted molar refractivity (Wildman–Crippen MR) is 132 cm³/mol. The van der Waals surface area contributed by atoms with E-state index < -0.39 is 6.04 Å². The van der Waals surface area contributed by atoms with Crippen LogP contribution in [0, 0.1) is 19.7 Å². The second-order valence-corrected chi connectivity index (χ2v) is 9.45. The molecule has 1 fully saturated rings. The van der Waals surface area contributed by atoms with Crippen molar-refractivity contribution in [3.05, 3.63) is 63.9 Å². The summed E-state index contributed by atoms with van der Waals surface area (Å²) in [5, 5.41) is 3.82. The van der Waals surface area contributed by atoms with Crippen molar-refractivity contribution in [2.24, 2.45) is 0 Å². The summed E-state index contributed by atoms with van der Waals surface area (Å²) in [7, 11) is 0. The molecule has 5 nitrogen and oxygen atoms in total. The van der Waals surface area contributed by atoms with Crippen molar-refractivity contribution in [3.8, 4) is 5.75 Å². The molecule has 0 heterocycles. The Morgan fingerprint density at radius 2 is 1.74 bits per heavy atom. The van der Waals surface area contributed by atoms with Gasteiger partial charge in [-0.2, -0.15) is 0 Å². The van der Waals surface area contributed by atoms with Gasteiger partial charge in [0, 0.05) is 17.6 Å². The topological polar surface area (TPSA) is 58.6 Å². The molecule has 3 rings (SSSR count). The zero-order valence-corrected chi connectivity index (χ0v) is 21.0. The molecule has 2 aromatic rings. The van der Waals surface area contributed by atoms with Gasteiger partial charge < -0.3 is 15.0 Å². The smallest absolute Gasteiger partial charge is 0.261 e. The minimum Gasteiger partial charge on any atom is -0.484 e. The molecule has 1 aliphatic carbocycles. The van der Waals surface area contributed by atoms with Crippen LogP contribution in [0.4, 0.5) is 4.39 Å². The lowest BCUT2D eigenvalue weighted by molar-refractivity contribution is -0.143. The summed E-state index contributed by atoms with van der Waals surface area (Å²) in [6.07, 6.45) is 5.80. The molecule has 2 amide bonds. The van der Waals surface area contributed by atoms with E-state index >= 15 is 0 Å². The first-order chi connectivity index (χ1) is 16.3. The minimum absolute atomic E-state index is 0.148. The van der Waals surface area contributed by atoms with Gasteiger partial charge in [0.2, 0.25) is 5.91 Å². The molecule has 1 saturated carbocycles. The number of ether oxygens (including phenoxy) is 1. The van der Waals surface area contributed by atoms with Gasteiger partial charge in [-0.25, -0.2) is 4.39 Å². The van der Waals surface area contributed by atoms with Gasteiger partial charge in [-0.1, -0.05) is 49.9 Å². The van der Waals surface area contributed by atoms with Gasteiger partial charge in [-0.05, 0) is 74.1 Å². The molecule has 0 aliphatic heterocycles. The largest absolute Gasteiger partial charge is 0.484 e. The van der Waals surface area contributed by atoms with Crippen molar-refractivity contribution in [1.82, 2.24) is 10.2 Å². The summed E-state index contributed by atoms with van der Waals surface area (Å²) in [6, 6.07) is 9.07. The van der Waals surface area contributed by atoms with Gasteiger partial charge in [0.05, 0.1) is 0 Å². The molecule has 1 N–H and O–H groups in total. The van der Waals surface area contributed by atoms with Crippen LogP contribution >= 0.6 is 11.6 Å². The number of aryl methyl sites for hydroxylation is 2. The molecular weight excluding hydrogens is 455 g/mol. The zero-order valence-electron chi connectivity index (χ0n) is 20.2. The Balaban J connectivity index is 1.77. The third-order valence-corrected chi connectivity index (χ3v) is 6.97. The Hall–Kier alpha value is -2.60. The van der Waals surface area contributed by atoms with Crippen LogP contribution in [0.25, 0.3) is 0 Å². The highest BCUT2D eigenvalue weighted by Gasteiger charge is 2.30. The van der Waals surface area contributed by atoms with Crippen LogP contribution in [0.3, 0.4) is 0 Å². The van der Waals surface area contributed by atoms with Crippen molar-refractivity contribution in [3.63, 3.8) is 0 Å². The minimum atomic E-state index is -0.642. The third kappa shape index (κ3) is 6.95. The fraction of sp³-hybridized carbons (Fsp3) is 0.481. The first-order valence-electron chi connectivity index (χ1n) is 12.0. The molecule has 34 heavy (non-hydrogen) atoms. The summed E-state index contributed by atoms with van der Waals surface area (Å²) in [6.45, 7) is 5.64. The van der Waals surface area contributed by atoms with E-state index in [9.17, 15) is 14.0 Å². The third-order valence-electron chi connectivity index (χ3n) is 6.38. The maximum Gasteiger partial charge on any atom is 0.261 e. The number of hydrogen-bond donors (Lipinski definition) is 1. The van der Waals surface area contributed by atoms with Crippen molar-refractivity contribution in [2.45, 2.75) is 77.9 Å². The van der Waals surface area contributed by atoms with E-state index in [1.807, 2.05) is 20.8 Å². The summed E-state index contributed by atoms with van der Waals surface area (Å²) in [5.74, 6) is -0.252. The Kier molecular flexibility index (Phi) is 9.34. The first-order valence-corrected chi connectivity index (χ1v) is 12.4. The Bertz CT molecular complexity index is 967. The molecule has 0 radical (unpaired) electrons. The van der Waals surface area contributed by atoms with Crippen molar-refractivity contribution < 1.29 is 18.7 Å². The van der Waals surface area contributed by atoms with Gasteiger partial charge in [0.25, 0.3) is 5.91 Å². The van der Waals surface area contributed by atoms with Crippen LogP contribution in [0.5, 0.6) is 5.75 Å². The fourth-order valence-electron chi connectivity index (χ4n) is 4.47. The molecule has 0 aromatic heterocycles. The number of amides is 2. The van der Waals surface area contributed by atoms with E-state index in [-0.39, 0.29) is 36.8 Å². The maximum atomic E-state index is 13.4. The second-order valence-electron chi connectivity index (χ2n) is 9.08. The molecule has 7 heteroatoms. The zero-order chi connectivity index (χ0) is 24.7. The van der Waals surface area contributed by atoms with Gasteiger partial charge in [-0.3, -0.25) is 9.59 Å². The quantitative estimate of drug-likeness (QED) is 0.490. The number of carbonyl (C=O) groups is 2. The predicted octanol–water partition coefficient (Wildman–Crippen LogP) is 5.73. The van der Waals surface area contributed by atoms with Crippen molar-refractivity contribution in [1.29, 1.82) is 0 Å². The molecule has 1 atom stereocenters. The second kappa shape index (κ2) is 12.2. The number of nitrogens with zero attached hydrogens (tertiary/aromatic N) is 1. The van der Waals surface area contributed by atoms with E-state index in [1.54, 1.807) is 29.2 Å². The standard InChI is InChI=1S/C27H34ClFN2O3/c1-4-24(27(33)30-22-8-6-5-7-9-22)31(16-20-10-12-21(29)13-11-20)25(32)17-34-23-14-18(2)26(28)19(3)15-23/h10-15,22,24H,4-9,16-17H2,1-3H3,(H,30,33)/t24-/m0/s1. The first kappa shape index (κ1) is 26.0. The van der Waals surface area contributed by atoms with E-state index in [0.717, 1.165) is 42.4 Å². The van der Waals surface area contributed by atoms with Gasteiger partial charge >= 0.3 is 0 Å². The van der Waals surface area contributed by atoms with Gasteiger partial charge in [-0.15, -0.1) is 0 Å². The van der Waals surface area contributed by atoms with Crippen LogP contribution in [-0.4, -0.2) is 35.4 Å². The highest BCUT2D eigenvalue weighted by atomic mass is 35.5. The van der Waals surface area contributed by atoms with Crippen LogP contribution < -0.4 is 10.1 Å². The van der Waals surface area contributed by atoms with Crippen molar-refractivity contribution in [2.75, 3.05) is 6.61 Å². The number of hydrogen-bond acceptors (Lipinski definition) is 3. The lowest BCUT2D eigenvalue weighted by Crippen LogP contribution is -2.52. The SMILES string of the molecule is CC[C@@H](C(=O)NC1CCCCC1)N(Cc1ccc(F)cc1)C(=O)COc1cc(C)c(Cl)c(C)c1. The molecule has 0 spiro atoms. The van der Waals surface area contributed by atoms with Crippen LogP contribution in [0.1, 0.15) is 62.1 Å². The average Bonchev–Trinajstić information content (AvgIpc) is 2.82. The Morgan fingerprint density at radius 1 is 1.12 bits per heavy atom. The molecule has 1 aliphatic rings. The van der Waals surface area contributed by atoms with Crippen molar-refractivity contribution >= 4 is 23.4 Å². The van der Waals surface area contributed by atoms with Gasteiger partial charge in [0.15, 0.2) is 6.61 Å². The van der Waals surface area contributed by atoms with Crippen LogP contribution in [0.15, 0.2) is 36.4 Å². The van der Waals surface area contributed by atoms with E-state index in [4.69, 9.17) is 16.3 Å². The highest BCUT2D eigenvalue weighted by molar-refractivity contribution is 6.32. The molecule has 184 valence electrons. The summed E-state index contributed by atoms with van der Waals surface area (Å²) in [4.78, 5) is 28.1. The highest BCUT2D eigenvalue weighted by Crippen LogP contribution is 2.26. The normalized spacial score (nSPS) is 15.0. The molecule has 2 aromatic carbocycles. The summed E-state index contributed by atoms with van der Waals surface area (Å²) in [5.41, 5.74) is 2.48. The molecule has 0 bridgehead atoms. The summed E-state index contributed by atoms with van der Waals surface area (Å²) < 4.78 is 19.2. The molecule has 0 saturated heterocycles. The van der Waals surface area contributed by atoms with Crippen LogP contribution in [-0.2, 0) is 16.1 Å². The number of halogens is 2. The van der Waals surface area contributed by atoms with E-state index in [0.29, 0.717) is 17.2 Å². The fourth-order valence-corrected chi connectivity index (χ4v) is 4.58. The number of carbonyl (C=O) groups excluding carboxylic acids is 2. The number of benzene rings is 2. The lowest BCUT2D eigenvalue weighted by Gasteiger charge is -2.32. The van der Waals surface area contributed by atoms with Gasteiger partial charge in [0.1, 0.15) is 17.6 Å². The lowest BCUT2D eigenvalue weighted by atomic mass is 9.95. The number of nitrogens with one attached hydrogen (secondary N) is 1.